The van der Waals surface area contributed by atoms with Gasteiger partial charge >= 0.3 is 92.6 Å². The van der Waals surface area contributed by atoms with E-state index in [2.05, 4.69) is 32.7 Å². The van der Waals surface area contributed by atoms with Crippen LogP contribution in [0.2, 0.25) is 12.5 Å². The van der Waals surface area contributed by atoms with Crippen molar-refractivity contribution >= 4 is 21.4 Å². The Kier molecular flexibility index (Phi) is 9.99. The van der Waals surface area contributed by atoms with Gasteiger partial charge in [0.25, 0.3) is 0 Å². The molecule has 0 rings (SSSR count). The minimum atomic E-state index is -0.928. The Morgan fingerprint density at radius 3 is 2.08 bits per heavy atom. The summed E-state index contributed by atoms with van der Waals surface area (Å²) in [6, 6.07) is 0. The zero-order valence-electron chi connectivity index (χ0n) is 9.97. The summed E-state index contributed by atoms with van der Waals surface area (Å²) in [4.78, 5) is 2.42. The van der Waals surface area contributed by atoms with Crippen molar-refractivity contribution in [2.24, 2.45) is 0 Å². The van der Waals surface area contributed by atoms with Gasteiger partial charge in [-0.05, 0) is 0 Å². The molecule has 0 aromatic heterocycles. The van der Waals surface area contributed by atoms with Crippen LogP contribution >= 0.6 is 0 Å². The Balaban J connectivity index is 3.23. The van der Waals surface area contributed by atoms with Crippen LogP contribution in [0.15, 0.2) is 0 Å². The fraction of sp³-hybridized carbons (Fsp3) is 1.00. The van der Waals surface area contributed by atoms with Gasteiger partial charge in [0.2, 0.25) is 0 Å². The van der Waals surface area contributed by atoms with Gasteiger partial charge in [0.05, 0.1) is 0 Å². The first-order valence-corrected chi connectivity index (χ1v) is 12.9. The zero-order chi connectivity index (χ0) is 10.1. The first kappa shape index (κ1) is 13.8. The minimum absolute atomic E-state index is 0.928. The van der Waals surface area contributed by atoms with E-state index in [-0.39, 0.29) is 0 Å². The molecule has 2 heteroatoms. The third-order valence-electron chi connectivity index (χ3n) is 3.10. The van der Waals surface area contributed by atoms with Crippen LogP contribution in [-0.4, -0.2) is 46.5 Å². The molecule has 0 aromatic rings. The summed E-state index contributed by atoms with van der Waals surface area (Å²) in [7, 11) is 2.22. The molecular formula is C11H26InN. The molecule has 78 valence electrons. The predicted molar refractivity (Wildman–Crippen MR) is 63.9 cm³/mol. The van der Waals surface area contributed by atoms with E-state index in [4.69, 9.17) is 0 Å². The van der Waals surface area contributed by atoms with Gasteiger partial charge in [0.15, 0.2) is 0 Å². The molecule has 0 heterocycles. The average Bonchev–Trinajstić information content (AvgIpc) is 2.18. The van der Waals surface area contributed by atoms with Gasteiger partial charge < -0.3 is 0 Å². The molecule has 0 radical (unpaired) electrons. The first-order valence-electron chi connectivity index (χ1n) is 5.93. The Labute approximate surface area is 92.4 Å². The van der Waals surface area contributed by atoms with Crippen molar-refractivity contribution in [3.05, 3.63) is 0 Å². The molecule has 0 aliphatic heterocycles. The van der Waals surface area contributed by atoms with Crippen LogP contribution in [0.5, 0.6) is 0 Å². The number of unbranched alkanes of at least 4 members (excludes halogenated alkanes) is 1. The van der Waals surface area contributed by atoms with E-state index in [0.29, 0.717) is 0 Å². The molecule has 0 aliphatic rings. The van der Waals surface area contributed by atoms with E-state index < -0.39 is 21.4 Å². The monoisotopic (exact) mass is 287 g/mol. The van der Waals surface area contributed by atoms with Crippen molar-refractivity contribution in [3.63, 3.8) is 0 Å². The van der Waals surface area contributed by atoms with Crippen LogP contribution in [0.1, 0.15) is 33.6 Å². The van der Waals surface area contributed by atoms with Gasteiger partial charge in [0.1, 0.15) is 0 Å². The van der Waals surface area contributed by atoms with Gasteiger partial charge in [-0.1, -0.05) is 0 Å². The molecule has 0 amide bonds. The van der Waals surface area contributed by atoms with Gasteiger partial charge in [-0.25, -0.2) is 0 Å². The van der Waals surface area contributed by atoms with E-state index in [9.17, 15) is 0 Å². The summed E-state index contributed by atoms with van der Waals surface area (Å²) in [5.41, 5.74) is 0. The Morgan fingerprint density at radius 2 is 1.62 bits per heavy atom. The zero-order valence-corrected chi connectivity index (χ0v) is 13.3. The van der Waals surface area contributed by atoms with Gasteiger partial charge in [0, 0.05) is 0 Å². The Hall–Kier alpha value is 0.830. The molecule has 0 fully saturated rings. The van der Waals surface area contributed by atoms with Crippen molar-refractivity contribution in [2.45, 2.75) is 46.1 Å². The third kappa shape index (κ3) is 7.87. The van der Waals surface area contributed by atoms with Crippen LogP contribution in [0, 0.1) is 0 Å². The Bertz CT molecular complexity index is 102. The summed E-state index contributed by atoms with van der Waals surface area (Å²) >= 11 is -0.928. The molecule has 0 N–H and O–H groups in total. The molecule has 0 unspecified atom stereocenters. The summed E-state index contributed by atoms with van der Waals surface area (Å²) in [6.45, 7) is 9.56. The third-order valence-corrected chi connectivity index (χ3v) is 13.2. The number of rotatable bonds is 8. The molecule has 0 aliphatic carbocycles. The molecule has 0 saturated carbocycles. The van der Waals surface area contributed by atoms with Gasteiger partial charge in [-0.15, -0.1) is 0 Å². The van der Waals surface area contributed by atoms with Crippen molar-refractivity contribution in [1.82, 2.24) is 4.90 Å². The molecule has 0 atom stereocenters. The van der Waals surface area contributed by atoms with E-state index in [1.807, 2.05) is 0 Å². The van der Waals surface area contributed by atoms with E-state index >= 15 is 0 Å². The fourth-order valence-electron chi connectivity index (χ4n) is 1.67. The first-order chi connectivity index (χ1) is 6.24. The topological polar surface area (TPSA) is 3.24 Å². The van der Waals surface area contributed by atoms with Crippen molar-refractivity contribution in [2.75, 3.05) is 20.1 Å². The molecule has 1 nitrogen and oxygen atoms in total. The van der Waals surface area contributed by atoms with Crippen LogP contribution in [0.3, 0.4) is 0 Å². The van der Waals surface area contributed by atoms with Gasteiger partial charge in [-0.2, -0.15) is 0 Å². The van der Waals surface area contributed by atoms with Crippen LogP contribution in [0.25, 0.3) is 0 Å². The molecule has 0 bridgehead atoms. The molecule has 0 spiro atoms. The maximum absolute atomic E-state index is 2.42. The second-order valence-corrected chi connectivity index (χ2v) is 15.3. The fourth-order valence-corrected chi connectivity index (χ4v) is 8.12. The predicted octanol–water partition coefficient (Wildman–Crippen LogP) is 3.25. The maximum atomic E-state index is 2.42. The molecule has 0 saturated heterocycles. The SMILES string of the molecule is CCN(C)CCC[CH2][In]([CH2]C)[CH2]C. The quantitative estimate of drug-likeness (QED) is 0.619. The number of hydrogen-bond acceptors (Lipinski definition) is 1. The van der Waals surface area contributed by atoms with E-state index in [1.165, 1.54) is 25.9 Å². The molecule has 0 aromatic carbocycles. The number of nitrogens with zero attached hydrogens (tertiary/aromatic N) is 1. The van der Waals surface area contributed by atoms with Crippen LogP contribution in [-0.2, 0) is 0 Å². The second kappa shape index (κ2) is 9.39. The second-order valence-electron chi connectivity index (χ2n) is 4.07. The van der Waals surface area contributed by atoms with Crippen LogP contribution in [0.4, 0.5) is 0 Å². The van der Waals surface area contributed by atoms with Crippen molar-refractivity contribution < 1.29 is 0 Å². The average molecular weight is 287 g/mol. The number of hydrogen-bond donors (Lipinski definition) is 0. The van der Waals surface area contributed by atoms with Crippen molar-refractivity contribution in [1.29, 1.82) is 0 Å². The van der Waals surface area contributed by atoms with Crippen molar-refractivity contribution in [3.8, 4) is 0 Å². The summed E-state index contributed by atoms with van der Waals surface area (Å²) < 4.78 is 4.79. The van der Waals surface area contributed by atoms with E-state index in [0.717, 1.165) is 0 Å². The normalized spacial score (nSPS) is 10.8. The summed E-state index contributed by atoms with van der Waals surface area (Å²) in [5.74, 6) is 0. The van der Waals surface area contributed by atoms with Crippen LogP contribution < -0.4 is 0 Å². The summed E-state index contributed by atoms with van der Waals surface area (Å²) in [5, 5.41) is 0. The summed E-state index contributed by atoms with van der Waals surface area (Å²) in [6.07, 6.45) is 2.94. The Morgan fingerprint density at radius 1 is 1.00 bits per heavy atom. The standard InChI is InChI=1S/C7H16N.2C2H5.In/c1-4-6-7-8(3)5-2;2*1-2;/h1,4-7H2,2-3H3;2*1H2,2H3;. The molecular weight excluding hydrogens is 261 g/mol. The van der Waals surface area contributed by atoms with Gasteiger partial charge in [-0.3, -0.25) is 0 Å². The molecule has 13 heavy (non-hydrogen) atoms. The van der Waals surface area contributed by atoms with E-state index in [1.54, 1.807) is 12.5 Å².